The molecule has 2 rings (SSSR count). The highest BCUT2D eigenvalue weighted by molar-refractivity contribution is 7.89. The molecule has 1 aromatic carbocycles. The van der Waals surface area contributed by atoms with Crippen LogP contribution in [0.2, 0.25) is 0 Å². The molecule has 1 amide bonds. The molecular weight excluding hydrogens is 345 g/mol. The summed E-state index contributed by atoms with van der Waals surface area (Å²) in [7, 11) is -2.20. The Hall–Kier alpha value is -1.51. The highest BCUT2D eigenvalue weighted by atomic mass is 32.2. The summed E-state index contributed by atoms with van der Waals surface area (Å²) in [5, 5.41) is 6.31. The van der Waals surface area contributed by atoms with E-state index in [1.807, 2.05) is 0 Å². The van der Waals surface area contributed by atoms with Crippen LogP contribution in [0.3, 0.4) is 0 Å². The van der Waals surface area contributed by atoms with E-state index < -0.39 is 15.8 Å². The van der Waals surface area contributed by atoms with E-state index in [0.29, 0.717) is 12.3 Å². The van der Waals surface area contributed by atoms with Gasteiger partial charge in [0.25, 0.3) is 0 Å². The van der Waals surface area contributed by atoms with Gasteiger partial charge in [-0.15, -0.1) is 0 Å². The molecule has 6 nitrogen and oxygen atoms in total. The number of nitrogens with one attached hydrogen (secondary N) is 2. The smallest absolute Gasteiger partial charge is 0.242 e. The molecule has 1 aromatic rings. The molecule has 8 heteroatoms. The SMILES string of the molecule is CC1CNCCC1NC(=O)CCCN(C)S(=O)(=O)c1ccc(F)cc1. The first kappa shape index (κ1) is 19.8. The molecule has 1 saturated heterocycles. The average Bonchev–Trinajstić information content (AvgIpc) is 2.57. The predicted molar refractivity (Wildman–Crippen MR) is 94.0 cm³/mol. The van der Waals surface area contributed by atoms with E-state index in [1.54, 1.807) is 0 Å². The van der Waals surface area contributed by atoms with Gasteiger partial charge >= 0.3 is 0 Å². The van der Waals surface area contributed by atoms with Crippen LogP contribution in [0.4, 0.5) is 4.39 Å². The molecular formula is C17H26FN3O3S. The molecule has 0 spiro atoms. The molecule has 1 aliphatic rings. The Morgan fingerprint density at radius 1 is 1.36 bits per heavy atom. The van der Waals surface area contributed by atoms with Crippen LogP contribution < -0.4 is 10.6 Å². The van der Waals surface area contributed by atoms with Crippen molar-refractivity contribution in [3.8, 4) is 0 Å². The van der Waals surface area contributed by atoms with Crippen LogP contribution in [0.5, 0.6) is 0 Å². The molecule has 0 radical (unpaired) electrons. The van der Waals surface area contributed by atoms with E-state index in [2.05, 4.69) is 17.6 Å². The molecule has 2 atom stereocenters. The second-order valence-corrected chi connectivity index (χ2v) is 8.57. The Morgan fingerprint density at radius 3 is 2.68 bits per heavy atom. The van der Waals surface area contributed by atoms with Crippen LogP contribution in [0.25, 0.3) is 0 Å². The molecule has 1 fully saturated rings. The van der Waals surface area contributed by atoms with E-state index in [4.69, 9.17) is 0 Å². The van der Waals surface area contributed by atoms with Crippen molar-refractivity contribution >= 4 is 15.9 Å². The van der Waals surface area contributed by atoms with Gasteiger partial charge in [0.15, 0.2) is 0 Å². The number of carbonyl (C=O) groups is 1. The summed E-state index contributed by atoms with van der Waals surface area (Å²) in [5.41, 5.74) is 0. The van der Waals surface area contributed by atoms with Gasteiger partial charge in [-0.05, 0) is 56.1 Å². The summed E-state index contributed by atoms with van der Waals surface area (Å²) in [6, 6.07) is 4.90. The van der Waals surface area contributed by atoms with Crippen molar-refractivity contribution < 1.29 is 17.6 Å². The van der Waals surface area contributed by atoms with Gasteiger partial charge in [-0.1, -0.05) is 6.92 Å². The Balaban J connectivity index is 1.80. The summed E-state index contributed by atoms with van der Waals surface area (Å²) < 4.78 is 38.9. The zero-order valence-corrected chi connectivity index (χ0v) is 15.5. The number of benzene rings is 1. The topological polar surface area (TPSA) is 78.5 Å². The van der Waals surface area contributed by atoms with Gasteiger partial charge in [0, 0.05) is 26.1 Å². The first-order valence-corrected chi connectivity index (χ1v) is 9.96. The molecule has 1 heterocycles. The van der Waals surface area contributed by atoms with Crippen LogP contribution in [0.1, 0.15) is 26.2 Å². The molecule has 0 aromatic heterocycles. The van der Waals surface area contributed by atoms with Gasteiger partial charge < -0.3 is 10.6 Å². The minimum absolute atomic E-state index is 0.0457. The summed E-state index contributed by atoms with van der Waals surface area (Å²) >= 11 is 0. The van der Waals surface area contributed by atoms with E-state index in [-0.39, 0.29) is 29.8 Å². The fourth-order valence-corrected chi connectivity index (χ4v) is 4.09. The monoisotopic (exact) mass is 371 g/mol. The lowest BCUT2D eigenvalue weighted by Gasteiger charge is -2.30. The molecule has 1 aliphatic heterocycles. The van der Waals surface area contributed by atoms with Crippen molar-refractivity contribution in [3.05, 3.63) is 30.1 Å². The molecule has 0 bridgehead atoms. The van der Waals surface area contributed by atoms with E-state index >= 15 is 0 Å². The van der Waals surface area contributed by atoms with Gasteiger partial charge in [-0.25, -0.2) is 17.1 Å². The van der Waals surface area contributed by atoms with Crippen LogP contribution in [0, 0.1) is 11.7 Å². The van der Waals surface area contributed by atoms with Crippen molar-refractivity contribution in [1.29, 1.82) is 0 Å². The lowest BCUT2D eigenvalue weighted by molar-refractivity contribution is -0.122. The Bertz CT molecular complexity index is 679. The number of amides is 1. The zero-order chi connectivity index (χ0) is 18.4. The number of piperidine rings is 1. The van der Waals surface area contributed by atoms with Crippen LogP contribution in [-0.4, -0.2) is 51.4 Å². The Labute approximate surface area is 148 Å². The molecule has 0 saturated carbocycles. The highest BCUT2D eigenvalue weighted by Crippen LogP contribution is 2.15. The summed E-state index contributed by atoms with van der Waals surface area (Å²) in [4.78, 5) is 12.1. The largest absolute Gasteiger partial charge is 0.353 e. The quantitative estimate of drug-likeness (QED) is 0.758. The molecule has 25 heavy (non-hydrogen) atoms. The Morgan fingerprint density at radius 2 is 2.04 bits per heavy atom. The van der Waals surface area contributed by atoms with Gasteiger partial charge in [0.2, 0.25) is 15.9 Å². The summed E-state index contributed by atoms with van der Waals surface area (Å²) in [6.07, 6.45) is 1.62. The summed E-state index contributed by atoms with van der Waals surface area (Å²) in [6.45, 7) is 4.12. The number of carbonyl (C=O) groups excluding carboxylic acids is 1. The third-order valence-corrected chi connectivity index (χ3v) is 6.40. The normalized spacial score (nSPS) is 21.3. The first-order valence-electron chi connectivity index (χ1n) is 8.52. The second kappa shape index (κ2) is 8.73. The second-order valence-electron chi connectivity index (χ2n) is 6.53. The van der Waals surface area contributed by atoms with Crippen molar-refractivity contribution in [2.75, 3.05) is 26.7 Å². The van der Waals surface area contributed by atoms with E-state index in [0.717, 1.165) is 31.6 Å². The molecule has 140 valence electrons. The standard InChI is InChI=1S/C17H26FN3O3S/c1-13-12-19-10-9-16(13)20-17(22)4-3-11-21(2)25(23,24)15-7-5-14(18)6-8-15/h5-8,13,16,19H,3-4,9-12H2,1-2H3,(H,20,22). The maximum atomic E-state index is 12.9. The van der Waals surface area contributed by atoms with Crippen LogP contribution in [-0.2, 0) is 14.8 Å². The van der Waals surface area contributed by atoms with Crippen molar-refractivity contribution in [1.82, 2.24) is 14.9 Å². The predicted octanol–water partition coefficient (Wildman–Crippen LogP) is 1.34. The van der Waals surface area contributed by atoms with Crippen molar-refractivity contribution in [2.24, 2.45) is 5.92 Å². The number of hydrogen-bond acceptors (Lipinski definition) is 4. The maximum absolute atomic E-state index is 12.9. The van der Waals surface area contributed by atoms with Gasteiger partial charge in [-0.2, -0.15) is 0 Å². The zero-order valence-electron chi connectivity index (χ0n) is 14.7. The average molecular weight is 371 g/mol. The number of hydrogen-bond donors (Lipinski definition) is 2. The lowest BCUT2D eigenvalue weighted by Crippen LogP contribution is -2.48. The Kier molecular flexibility index (Phi) is 6.92. The van der Waals surface area contributed by atoms with E-state index in [9.17, 15) is 17.6 Å². The van der Waals surface area contributed by atoms with Crippen LogP contribution in [0.15, 0.2) is 29.2 Å². The number of sulfonamides is 1. The highest BCUT2D eigenvalue weighted by Gasteiger charge is 2.23. The number of halogens is 1. The molecule has 2 N–H and O–H groups in total. The molecule has 0 aliphatic carbocycles. The van der Waals surface area contributed by atoms with Crippen molar-refractivity contribution in [3.63, 3.8) is 0 Å². The first-order chi connectivity index (χ1) is 11.8. The maximum Gasteiger partial charge on any atom is 0.242 e. The molecule has 2 unspecified atom stereocenters. The van der Waals surface area contributed by atoms with Crippen LogP contribution >= 0.6 is 0 Å². The number of rotatable bonds is 7. The van der Waals surface area contributed by atoms with E-state index in [1.165, 1.54) is 23.5 Å². The third kappa shape index (κ3) is 5.49. The van der Waals surface area contributed by atoms with Crippen molar-refractivity contribution in [2.45, 2.75) is 37.1 Å². The number of nitrogens with zero attached hydrogens (tertiary/aromatic N) is 1. The third-order valence-electron chi connectivity index (χ3n) is 4.53. The summed E-state index contributed by atoms with van der Waals surface area (Å²) in [5.74, 6) is -0.143. The van der Waals surface area contributed by atoms with Gasteiger partial charge in [0.05, 0.1) is 4.90 Å². The van der Waals surface area contributed by atoms with Gasteiger partial charge in [-0.3, -0.25) is 4.79 Å². The lowest BCUT2D eigenvalue weighted by atomic mass is 9.95. The minimum Gasteiger partial charge on any atom is -0.353 e. The fraction of sp³-hybridized carbons (Fsp3) is 0.588. The minimum atomic E-state index is -3.66. The van der Waals surface area contributed by atoms with Gasteiger partial charge in [0.1, 0.15) is 5.82 Å². The fourth-order valence-electron chi connectivity index (χ4n) is 2.88.